The molecule has 0 heterocycles. The minimum atomic E-state index is -0.604. The van der Waals surface area contributed by atoms with E-state index in [9.17, 15) is 9.59 Å². The van der Waals surface area contributed by atoms with E-state index in [0.29, 0.717) is 23.7 Å². The zero-order chi connectivity index (χ0) is 17.2. The Balaban J connectivity index is 2.89. The maximum absolute atomic E-state index is 11.3. The Morgan fingerprint density at radius 3 is 2.26 bits per heavy atom. The predicted octanol–water partition coefficient (Wildman–Crippen LogP) is 2.54. The molecule has 6 nitrogen and oxygen atoms in total. The molecule has 0 aliphatic carbocycles. The van der Waals surface area contributed by atoms with Crippen molar-refractivity contribution >= 4 is 11.8 Å². The summed E-state index contributed by atoms with van der Waals surface area (Å²) >= 11 is 0. The number of rotatable bonds is 9. The molecule has 0 bridgehead atoms. The zero-order valence-electron chi connectivity index (χ0n) is 14.3. The third-order valence-corrected chi connectivity index (χ3v) is 3.22. The molecule has 0 saturated carbocycles. The Hall–Kier alpha value is -2.24. The Morgan fingerprint density at radius 1 is 1.09 bits per heavy atom. The van der Waals surface area contributed by atoms with Gasteiger partial charge in [0.1, 0.15) is 6.17 Å². The molecule has 0 aliphatic heterocycles. The highest BCUT2D eigenvalue weighted by Gasteiger charge is 2.16. The normalized spacial score (nSPS) is 10.3. The summed E-state index contributed by atoms with van der Waals surface area (Å²) in [6.07, 6.45) is 2.64. The van der Waals surface area contributed by atoms with Crippen LogP contribution in [-0.4, -0.2) is 25.5 Å². The van der Waals surface area contributed by atoms with E-state index < -0.39 is 6.17 Å². The van der Waals surface area contributed by atoms with Crippen molar-refractivity contribution in [3.05, 3.63) is 23.8 Å². The highest BCUT2D eigenvalue weighted by Crippen LogP contribution is 2.30. The summed E-state index contributed by atoms with van der Waals surface area (Å²) in [7, 11) is 1.56. The number of ether oxygens (including phenoxy) is 2. The summed E-state index contributed by atoms with van der Waals surface area (Å²) in [4.78, 5) is 22.6. The van der Waals surface area contributed by atoms with Gasteiger partial charge in [-0.2, -0.15) is 0 Å². The highest BCUT2D eigenvalue weighted by atomic mass is 16.5. The standard InChI is InChI=1S/C17H26N2O4/c1-5-6-7-10-23-15-9-8-14(11-16(15)22-4)17(18-12(2)20)19-13(3)21/h8-9,11,17H,5-7,10H2,1-4H3,(H,18,20)(H,19,21). The third-order valence-electron chi connectivity index (χ3n) is 3.22. The molecule has 128 valence electrons. The monoisotopic (exact) mass is 322 g/mol. The van der Waals surface area contributed by atoms with Gasteiger partial charge in [-0.05, 0) is 24.1 Å². The fraction of sp³-hybridized carbons (Fsp3) is 0.529. The lowest BCUT2D eigenvalue weighted by molar-refractivity contribution is -0.122. The van der Waals surface area contributed by atoms with Crippen molar-refractivity contribution in [2.75, 3.05) is 13.7 Å². The minimum absolute atomic E-state index is 0.234. The van der Waals surface area contributed by atoms with Gasteiger partial charge >= 0.3 is 0 Å². The third kappa shape index (κ3) is 6.59. The summed E-state index contributed by atoms with van der Waals surface area (Å²) in [5.74, 6) is 0.752. The number of benzene rings is 1. The fourth-order valence-electron chi connectivity index (χ4n) is 2.13. The van der Waals surface area contributed by atoms with E-state index in [1.165, 1.54) is 13.8 Å². The topological polar surface area (TPSA) is 76.7 Å². The van der Waals surface area contributed by atoms with E-state index in [2.05, 4.69) is 17.6 Å². The number of carbonyl (C=O) groups excluding carboxylic acids is 2. The Labute approximate surface area is 137 Å². The van der Waals surface area contributed by atoms with E-state index >= 15 is 0 Å². The lowest BCUT2D eigenvalue weighted by Crippen LogP contribution is -2.39. The SMILES string of the molecule is CCCCCOc1ccc(C(NC(C)=O)NC(C)=O)cc1OC. The second kappa shape index (κ2) is 9.71. The van der Waals surface area contributed by atoms with Gasteiger partial charge < -0.3 is 20.1 Å². The Morgan fingerprint density at radius 2 is 1.74 bits per heavy atom. The molecule has 23 heavy (non-hydrogen) atoms. The molecule has 0 spiro atoms. The van der Waals surface area contributed by atoms with Gasteiger partial charge in [0, 0.05) is 13.8 Å². The van der Waals surface area contributed by atoms with Gasteiger partial charge in [0.15, 0.2) is 11.5 Å². The van der Waals surface area contributed by atoms with E-state index in [4.69, 9.17) is 9.47 Å². The molecule has 1 aromatic rings. The van der Waals surface area contributed by atoms with Crippen molar-refractivity contribution in [1.82, 2.24) is 10.6 Å². The maximum atomic E-state index is 11.3. The van der Waals surface area contributed by atoms with Crippen LogP contribution in [0.4, 0.5) is 0 Å². The molecule has 0 unspecified atom stereocenters. The van der Waals surface area contributed by atoms with E-state index in [-0.39, 0.29) is 11.8 Å². The molecular formula is C17H26N2O4. The van der Waals surface area contributed by atoms with Crippen LogP contribution in [0.2, 0.25) is 0 Å². The van der Waals surface area contributed by atoms with Crippen molar-refractivity contribution in [1.29, 1.82) is 0 Å². The number of amides is 2. The summed E-state index contributed by atoms with van der Waals surface area (Å²) in [5, 5.41) is 5.38. The van der Waals surface area contributed by atoms with Gasteiger partial charge in [-0.25, -0.2) is 0 Å². The molecule has 2 amide bonds. The molecule has 0 saturated heterocycles. The van der Waals surface area contributed by atoms with Gasteiger partial charge in [-0.3, -0.25) is 9.59 Å². The van der Waals surface area contributed by atoms with Crippen LogP contribution in [0.3, 0.4) is 0 Å². The number of unbranched alkanes of at least 4 members (excludes halogenated alkanes) is 2. The highest BCUT2D eigenvalue weighted by molar-refractivity contribution is 5.76. The molecule has 0 fully saturated rings. The summed E-state index contributed by atoms with van der Waals surface area (Å²) in [6.45, 7) is 5.57. The molecule has 0 aliphatic rings. The second-order valence-corrected chi connectivity index (χ2v) is 5.30. The fourth-order valence-corrected chi connectivity index (χ4v) is 2.13. The minimum Gasteiger partial charge on any atom is -0.493 e. The maximum Gasteiger partial charge on any atom is 0.218 e. The average molecular weight is 322 g/mol. The van der Waals surface area contributed by atoms with Crippen LogP contribution in [0.25, 0.3) is 0 Å². The second-order valence-electron chi connectivity index (χ2n) is 5.30. The first kappa shape index (κ1) is 18.8. The predicted molar refractivity (Wildman–Crippen MR) is 88.4 cm³/mol. The van der Waals surface area contributed by atoms with Crippen LogP contribution in [0, 0.1) is 0 Å². The summed E-state index contributed by atoms with van der Waals surface area (Å²) in [6, 6.07) is 5.34. The van der Waals surface area contributed by atoms with Crippen LogP contribution >= 0.6 is 0 Å². The molecule has 1 aromatic carbocycles. The quantitative estimate of drug-likeness (QED) is 0.541. The van der Waals surface area contributed by atoms with Gasteiger partial charge in [-0.15, -0.1) is 0 Å². The molecule has 0 radical (unpaired) electrons. The molecule has 0 atom stereocenters. The molecule has 0 aromatic heterocycles. The number of nitrogens with one attached hydrogen (secondary N) is 2. The van der Waals surface area contributed by atoms with Gasteiger partial charge in [0.25, 0.3) is 0 Å². The van der Waals surface area contributed by atoms with E-state index in [0.717, 1.165) is 19.3 Å². The Kier molecular flexibility index (Phi) is 7.94. The van der Waals surface area contributed by atoms with Crippen LogP contribution in [0.1, 0.15) is 51.8 Å². The zero-order valence-corrected chi connectivity index (χ0v) is 14.3. The number of carbonyl (C=O) groups is 2. The number of hydrogen-bond acceptors (Lipinski definition) is 4. The molecule has 1 rings (SSSR count). The Bertz CT molecular complexity index is 515. The van der Waals surface area contributed by atoms with Gasteiger partial charge in [0.2, 0.25) is 11.8 Å². The molecule has 2 N–H and O–H groups in total. The van der Waals surface area contributed by atoms with Crippen molar-refractivity contribution in [3.8, 4) is 11.5 Å². The summed E-state index contributed by atoms with van der Waals surface area (Å²) in [5.41, 5.74) is 0.716. The first-order valence-corrected chi connectivity index (χ1v) is 7.82. The van der Waals surface area contributed by atoms with Crippen LogP contribution in [-0.2, 0) is 9.59 Å². The largest absolute Gasteiger partial charge is 0.493 e. The number of methoxy groups -OCH3 is 1. The average Bonchev–Trinajstić information content (AvgIpc) is 2.50. The van der Waals surface area contributed by atoms with Gasteiger partial charge in [-0.1, -0.05) is 25.8 Å². The molecular weight excluding hydrogens is 296 g/mol. The van der Waals surface area contributed by atoms with Crippen LogP contribution in [0.5, 0.6) is 11.5 Å². The van der Waals surface area contributed by atoms with Crippen molar-refractivity contribution in [3.63, 3.8) is 0 Å². The van der Waals surface area contributed by atoms with Crippen LogP contribution in [0.15, 0.2) is 18.2 Å². The first-order valence-electron chi connectivity index (χ1n) is 7.82. The van der Waals surface area contributed by atoms with Gasteiger partial charge in [0.05, 0.1) is 13.7 Å². The van der Waals surface area contributed by atoms with Crippen molar-refractivity contribution in [2.45, 2.75) is 46.2 Å². The lowest BCUT2D eigenvalue weighted by atomic mass is 10.1. The van der Waals surface area contributed by atoms with Crippen LogP contribution < -0.4 is 20.1 Å². The summed E-state index contributed by atoms with van der Waals surface area (Å²) < 4.78 is 11.1. The number of hydrogen-bond donors (Lipinski definition) is 2. The van der Waals surface area contributed by atoms with Crippen molar-refractivity contribution < 1.29 is 19.1 Å². The smallest absolute Gasteiger partial charge is 0.218 e. The molecule has 6 heteroatoms. The first-order chi connectivity index (χ1) is 11.0. The lowest BCUT2D eigenvalue weighted by Gasteiger charge is -2.20. The van der Waals surface area contributed by atoms with E-state index in [1.54, 1.807) is 25.3 Å². The van der Waals surface area contributed by atoms with E-state index in [1.807, 2.05) is 0 Å². The van der Waals surface area contributed by atoms with Crippen molar-refractivity contribution in [2.24, 2.45) is 0 Å².